The minimum Gasteiger partial charge on any atom is -0.0929 e. The molecule has 1 rings (SSSR count). The van der Waals surface area contributed by atoms with Crippen molar-refractivity contribution in [2.75, 3.05) is 0 Å². The van der Waals surface area contributed by atoms with E-state index in [2.05, 4.69) is 45.0 Å². The van der Waals surface area contributed by atoms with Gasteiger partial charge in [0.15, 0.2) is 0 Å². The molecule has 1 heteroatoms. The van der Waals surface area contributed by atoms with Gasteiger partial charge in [-0.2, -0.15) is 0 Å². The molecule has 0 nitrogen and oxygen atoms in total. The highest BCUT2D eigenvalue weighted by molar-refractivity contribution is 7.79. The van der Waals surface area contributed by atoms with Crippen LogP contribution in [0.2, 0.25) is 0 Å². The predicted molar refractivity (Wildman–Crippen MR) is 62.3 cm³/mol. The summed E-state index contributed by atoms with van der Waals surface area (Å²) in [5.74, 6) is 0.478. The number of hydrogen-bond donors (Lipinski definition) is 0. The first-order chi connectivity index (χ1) is 6.08. The lowest BCUT2D eigenvalue weighted by molar-refractivity contribution is 0.446. The van der Waals surface area contributed by atoms with Crippen molar-refractivity contribution < 1.29 is 0 Å². The van der Waals surface area contributed by atoms with Crippen LogP contribution >= 0.6 is 12.2 Å². The zero-order chi connectivity index (χ0) is 9.90. The van der Waals surface area contributed by atoms with Gasteiger partial charge in [0.1, 0.15) is 0 Å². The number of thiocarbonyl (C=S) groups is 1. The normalized spacial score (nSPS) is 13.8. The summed E-state index contributed by atoms with van der Waals surface area (Å²) in [6.45, 7) is 6.58. The highest BCUT2D eigenvalue weighted by Gasteiger charge is 2.23. The van der Waals surface area contributed by atoms with Crippen molar-refractivity contribution in [1.29, 1.82) is 0 Å². The first-order valence-electron chi connectivity index (χ1n) is 4.59. The standard InChI is InChI=1S/C12H16S/c1-10(12(2,3)9-13)11-7-5-4-6-8-11/h4-10H,1-3H3. The highest BCUT2D eigenvalue weighted by atomic mass is 32.1. The van der Waals surface area contributed by atoms with Crippen molar-refractivity contribution in [3.8, 4) is 0 Å². The molecule has 0 saturated carbocycles. The SMILES string of the molecule is CC(c1ccccc1)C(C)(C)C=S. The summed E-state index contributed by atoms with van der Waals surface area (Å²) >= 11 is 5.04. The molecule has 0 heterocycles. The molecule has 0 aliphatic carbocycles. The molecule has 13 heavy (non-hydrogen) atoms. The zero-order valence-electron chi connectivity index (χ0n) is 8.45. The van der Waals surface area contributed by atoms with Gasteiger partial charge in [0.25, 0.3) is 0 Å². The van der Waals surface area contributed by atoms with Crippen LogP contribution in [0.1, 0.15) is 32.3 Å². The molecule has 0 amide bonds. The van der Waals surface area contributed by atoms with Gasteiger partial charge in [0.2, 0.25) is 0 Å². The lowest BCUT2D eigenvalue weighted by Crippen LogP contribution is -2.20. The summed E-state index contributed by atoms with van der Waals surface area (Å²) in [6, 6.07) is 10.5. The van der Waals surface area contributed by atoms with Gasteiger partial charge < -0.3 is 0 Å². The van der Waals surface area contributed by atoms with Gasteiger partial charge in [-0.25, -0.2) is 0 Å². The Labute approximate surface area is 86.0 Å². The lowest BCUT2D eigenvalue weighted by atomic mass is 9.78. The van der Waals surface area contributed by atoms with E-state index in [9.17, 15) is 0 Å². The molecule has 1 atom stereocenters. The van der Waals surface area contributed by atoms with E-state index in [1.807, 2.05) is 11.4 Å². The molecular formula is C12H16S. The van der Waals surface area contributed by atoms with E-state index in [1.165, 1.54) is 5.56 Å². The monoisotopic (exact) mass is 192 g/mol. The minimum atomic E-state index is 0.0939. The van der Waals surface area contributed by atoms with E-state index in [0.29, 0.717) is 5.92 Å². The van der Waals surface area contributed by atoms with Crippen LogP contribution in [0.3, 0.4) is 0 Å². The van der Waals surface area contributed by atoms with Crippen LogP contribution < -0.4 is 0 Å². The smallest absolute Gasteiger partial charge is 0.000423 e. The van der Waals surface area contributed by atoms with E-state index < -0.39 is 0 Å². The summed E-state index contributed by atoms with van der Waals surface area (Å²) in [4.78, 5) is 0. The van der Waals surface area contributed by atoms with E-state index in [4.69, 9.17) is 12.2 Å². The number of benzene rings is 1. The van der Waals surface area contributed by atoms with Crippen molar-refractivity contribution in [3.63, 3.8) is 0 Å². The summed E-state index contributed by atoms with van der Waals surface area (Å²) < 4.78 is 0. The van der Waals surface area contributed by atoms with Crippen LogP contribution in [0.4, 0.5) is 0 Å². The molecule has 0 saturated heterocycles. The maximum absolute atomic E-state index is 5.04. The maximum atomic E-state index is 5.04. The third-order valence-electron chi connectivity index (χ3n) is 2.72. The lowest BCUT2D eigenvalue weighted by Gasteiger charge is -2.27. The second-order valence-corrected chi connectivity index (χ2v) is 4.31. The quantitative estimate of drug-likeness (QED) is 0.656. The Kier molecular flexibility index (Phi) is 3.21. The topological polar surface area (TPSA) is 0 Å². The molecule has 1 unspecified atom stereocenters. The first kappa shape index (κ1) is 10.4. The molecule has 0 bridgehead atoms. The van der Waals surface area contributed by atoms with Crippen LogP contribution in [-0.4, -0.2) is 5.37 Å². The molecule has 0 radical (unpaired) electrons. The third-order valence-corrected chi connectivity index (χ3v) is 3.33. The molecule has 0 spiro atoms. The number of rotatable bonds is 3. The zero-order valence-corrected chi connectivity index (χ0v) is 9.27. The van der Waals surface area contributed by atoms with Crippen LogP contribution in [0.5, 0.6) is 0 Å². The van der Waals surface area contributed by atoms with Gasteiger partial charge in [-0.05, 0) is 22.3 Å². The molecule has 0 aliphatic heterocycles. The second kappa shape index (κ2) is 4.01. The first-order valence-corrected chi connectivity index (χ1v) is 5.06. The largest absolute Gasteiger partial charge is 0.0929 e. The Bertz CT molecular complexity index is 274. The van der Waals surface area contributed by atoms with Gasteiger partial charge in [-0.3, -0.25) is 0 Å². The van der Waals surface area contributed by atoms with Gasteiger partial charge in [0.05, 0.1) is 0 Å². The Morgan fingerprint density at radius 2 is 1.77 bits per heavy atom. The van der Waals surface area contributed by atoms with Gasteiger partial charge in [0, 0.05) is 0 Å². The summed E-state index contributed by atoms with van der Waals surface area (Å²) in [6.07, 6.45) is 0. The van der Waals surface area contributed by atoms with Crippen LogP contribution in [-0.2, 0) is 0 Å². The van der Waals surface area contributed by atoms with Crippen molar-refractivity contribution in [2.45, 2.75) is 26.7 Å². The summed E-state index contributed by atoms with van der Waals surface area (Å²) in [7, 11) is 0. The Morgan fingerprint density at radius 1 is 1.23 bits per heavy atom. The molecule has 0 aliphatic rings. The van der Waals surface area contributed by atoms with Crippen LogP contribution in [0.15, 0.2) is 30.3 Å². The molecule has 1 aromatic carbocycles. The average Bonchev–Trinajstić information content (AvgIpc) is 2.18. The average molecular weight is 192 g/mol. The van der Waals surface area contributed by atoms with Crippen molar-refractivity contribution in [2.24, 2.45) is 5.41 Å². The van der Waals surface area contributed by atoms with Crippen LogP contribution in [0.25, 0.3) is 0 Å². The molecule has 0 aromatic heterocycles. The Hall–Kier alpha value is -0.690. The molecule has 1 aromatic rings. The van der Waals surface area contributed by atoms with Gasteiger partial charge in [-0.15, -0.1) is 0 Å². The van der Waals surface area contributed by atoms with Gasteiger partial charge in [-0.1, -0.05) is 63.3 Å². The van der Waals surface area contributed by atoms with E-state index >= 15 is 0 Å². The fourth-order valence-electron chi connectivity index (χ4n) is 1.27. The van der Waals surface area contributed by atoms with E-state index in [0.717, 1.165) is 0 Å². The third kappa shape index (κ3) is 2.38. The fourth-order valence-corrected chi connectivity index (χ4v) is 1.48. The summed E-state index contributed by atoms with van der Waals surface area (Å²) in [5.41, 5.74) is 1.45. The molecule has 0 N–H and O–H groups in total. The van der Waals surface area contributed by atoms with Crippen molar-refractivity contribution in [3.05, 3.63) is 35.9 Å². The minimum absolute atomic E-state index is 0.0939. The number of hydrogen-bond acceptors (Lipinski definition) is 1. The van der Waals surface area contributed by atoms with Crippen LogP contribution in [0, 0.1) is 5.41 Å². The Morgan fingerprint density at radius 3 is 2.23 bits per heavy atom. The summed E-state index contributed by atoms with van der Waals surface area (Å²) in [5, 5.41) is 1.87. The van der Waals surface area contributed by atoms with Crippen molar-refractivity contribution >= 4 is 17.6 Å². The van der Waals surface area contributed by atoms with E-state index in [-0.39, 0.29) is 5.41 Å². The predicted octanol–water partition coefficient (Wildman–Crippen LogP) is 3.82. The highest BCUT2D eigenvalue weighted by Crippen LogP contribution is 2.33. The second-order valence-electron chi connectivity index (χ2n) is 4.07. The van der Waals surface area contributed by atoms with Crippen molar-refractivity contribution in [1.82, 2.24) is 0 Å². The molecular weight excluding hydrogens is 176 g/mol. The van der Waals surface area contributed by atoms with E-state index in [1.54, 1.807) is 0 Å². The molecule has 0 fully saturated rings. The fraction of sp³-hybridized carbons (Fsp3) is 0.417. The molecule has 70 valence electrons. The Balaban J connectivity index is 2.91. The van der Waals surface area contributed by atoms with Gasteiger partial charge >= 0.3 is 0 Å². The maximum Gasteiger partial charge on any atom is -0.000423 e.